The van der Waals surface area contributed by atoms with E-state index < -0.39 is 5.60 Å². The van der Waals surface area contributed by atoms with Gasteiger partial charge in [-0.25, -0.2) is 19.9 Å². The number of morpholine rings is 1. The summed E-state index contributed by atoms with van der Waals surface area (Å²) in [5.41, 5.74) is 5.16. The molecular weight excluding hydrogens is 468 g/mol. The molecule has 3 aromatic heterocycles. The minimum absolute atomic E-state index is 0.203. The summed E-state index contributed by atoms with van der Waals surface area (Å²) in [4.78, 5) is 24.4. The highest BCUT2D eigenvalue weighted by molar-refractivity contribution is 5.90. The van der Waals surface area contributed by atoms with Gasteiger partial charge in [0.15, 0.2) is 5.65 Å². The largest absolute Gasteiger partial charge is 0.508 e. The van der Waals surface area contributed by atoms with E-state index in [0.717, 1.165) is 35.2 Å². The molecule has 2 bridgehead atoms. The molecule has 0 unspecified atom stereocenters. The van der Waals surface area contributed by atoms with Crippen LogP contribution in [0.1, 0.15) is 37.0 Å². The van der Waals surface area contributed by atoms with Crippen molar-refractivity contribution in [1.82, 2.24) is 24.9 Å². The van der Waals surface area contributed by atoms with Crippen LogP contribution in [0, 0.1) is 25.7 Å². The number of phenolic OH excluding ortho intramolecular Hbond substituents is 1. The van der Waals surface area contributed by atoms with E-state index in [1.807, 2.05) is 19.9 Å². The number of rotatable bonds is 3. The number of ether oxygens (including phenoxy) is 1. The quantitative estimate of drug-likeness (QED) is 0.369. The van der Waals surface area contributed by atoms with Crippen molar-refractivity contribution in [2.24, 2.45) is 0 Å². The van der Waals surface area contributed by atoms with E-state index in [4.69, 9.17) is 9.72 Å². The van der Waals surface area contributed by atoms with Gasteiger partial charge >= 0.3 is 0 Å². The molecule has 188 valence electrons. The van der Waals surface area contributed by atoms with Gasteiger partial charge in [0.1, 0.15) is 16.9 Å². The number of aliphatic hydroxyl groups is 1. The van der Waals surface area contributed by atoms with E-state index in [9.17, 15) is 10.2 Å². The number of aromatic amines is 1. The molecule has 0 saturated carbocycles. The van der Waals surface area contributed by atoms with Crippen molar-refractivity contribution in [2.45, 2.75) is 51.9 Å². The lowest BCUT2D eigenvalue weighted by atomic mass is 9.99. The molecule has 4 aromatic rings. The van der Waals surface area contributed by atoms with Crippen LogP contribution in [-0.2, 0) is 4.74 Å². The standard InChI is InChI=1S/C28H28N6O3/c1-15-5-6-22(35)16(2)23(15)21-12-29-26-25(32-21)20(7-8-28(3,4)36)24(33-26)17-10-30-27(31-11-17)34-13-19-9-18(34)14-37-19/h5-6,10-12,18-19,35-36H,9,13-14H2,1-4H3,(H,29,33)/t18-,19-/m0/s1. The number of nitrogens with zero attached hydrogens (tertiary/aromatic N) is 5. The number of hydrogen-bond acceptors (Lipinski definition) is 8. The molecule has 5 heterocycles. The van der Waals surface area contributed by atoms with Crippen LogP contribution < -0.4 is 4.90 Å². The fraction of sp³-hybridized carbons (Fsp3) is 0.357. The lowest BCUT2D eigenvalue weighted by Crippen LogP contribution is -2.38. The fourth-order valence-corrected chi connectivity index (χ4v) is 5.10. The highest BCUT2D eigenvalue weighted by atomic mass is 16.5. The predicted molar refractivity (Wildman–Crippen MR) is 140 cm³/mol. The zero-order valence-corrected chi connectivity index (χ0v) is 21.2. The summed E-state index contributed by atoms with van der Waals surface area (Å²) in [5, 5.41) is 20.6. The summed E-state index contributed by atoms with van der Waals surface area (Å²) in [7, 11) is 0. The van der Waals surface area contributed by atoms with Gasteiger partial charge in [0.2, 0.25) is 5.95 Å². The van der Waals surface area contributed by atoms with E-state index in [2.05, 4.69) is 36.7 Å². The Hall–Kier alpha value is -4.00. The number of aryl methyl sites for hydroxylation is 1. The summed E-state index contributed by atoms with van der Waals surface area (Å²) in [6.07, 6.45) is 6.52. The van der Waals surface area contributed by atoms with Gasteiger partial charge in [0, 0.05) is 35.6 Å². The third-order valence-corrected chi connectivity index (χ3v) is 6.98. The summed E-state index contributed by atoms with van der Waals surface area (Å²) in [6.45, 7) is 8.63. The molecule has 0 spiro atoms. The normalized spacial score (nSPS) is 18.9. The molecule has 37 heavy (non-hydrogen) atoms. The topological polar surface area (TPSA) is 120 Å². The second kappa shape index (κ2) is 8.54. The Balaban J connectivity index is 1.47. The molecule has 9 nitrogen and oxygen atoms in total. The van der Waals surface area contributed by atoms with Gasteiger partial charge in [-0.15, -0.1) is 0 Å². The first-order chi connectivity index (χ1) is 17.7. The summed E-state index contributed by atoms with van der Waals surface area (Å²) in [6, 6.07) is 3.87. The third kappa shape index (κ3) is 4.18. The van der Waals surface area contributed by atoms with Gasteiger partial charge in [0.05, 0.1) is 41.9 Å². The maximum absolute atomic E-state index is 10.3. The molecule has 2 atom stereocenters. The van der Waals surface area contributed by atoms with Crippen molar-refractivity contribution >= 4 is 17.1 Å². The maximum atomic E-state index is 10.3. The lowest BCUT2D eigenvalue weighted by Gasteiger charge is -2.26. The van der Waals surface area contributed by atoms with Crippen molar-refractivity contribution < 1.29 is 14.9 Å². The van der Waals surface area contributed by atoms with Crippen LogP contribution in [0.5, 0.6) is 5.75 Å². The first kappa shape index (κ1) is 23.4. The lowest BCUT2D eigenvalue weighted by molar-refractivity contribution is 0.0986. The van der Waals surface area contributed by atoms with Crippen molar-refractivity contribution in [3.63, 3.8) is 0 Å². The molecule has 0 aliphatic carbocycles. The minimum Gasteiger partial charge on any atom is -0.508 e. The Bertz CT molecular complexity index is 1580. The molecule has 9 heteroatoms. The van der Waals surface area contributed by atoms with Gasteiger partial charge in [-0.2, -0.15) is 0 Å². The highest BCUT2D eigenvalue weighted by Gasteiger charge is 2.40. The number of hydrogen-bond donors (Lipinski definition) is 3. The number of nitrogens with one attached hydrogen (secondary N) is 1. The smallest absolute Gasteiger partial charge is 0.225 e. The maximum Gasteiger partial charge on any atom is 0.225 e. The highest BCUT2D eigenvalue weighted by Crippen LogP contribution is 2.35. The third-order valence-electron chi connectivity index (χ3n) is 6.98. The molecular formula is C28H28N6O3. The number of phenols is 1. The molecule has 2 fully saturated rings. The zero-order chi connectivity index (χ0) is 25.9. The van der Waals surface area contributed by atoms with Crippen molar-refractivity contribution in [3.05, 3.63) is 47.4 Å². The Labute approximate surface area is 214 Å². The van der Waals surface area contributed by atoms with E-state index >= 15 is 0 Å². The van der Waals surface area contributed by atoms with Crippen LogP contribution in [0.15, 0.2) is 30.7 Å². The molecule has 3 N–H and O–H groups in total. The average molecular weight is 497 g/mol. The van der Waals surface area contributed by atoms with Gasteiger partial charge in [0.25, 0.3) is 0 Å². The first-order valence-electron chi connectivity index (χ1n) is 12.3. The Morgan fingerprint density at radius 1 is 1.14 bits per heavy atom. The molecule has 1 aromatic carbocycles. The number of anilines is 1. The van der Waals surface area contributed by atoms with E-state index in [-0.39, 0.29) is 11.9 Å². The number of fused-ring (bicyclic) bond motifs is 3. The van der Waals surface area contributed by atoms with Crippen molar-refractivity contribution in [1.29, 1.82) is 0 Å². The number of aromatic hydroxyl groups is 1. The molecule has 2 saturated heterocycles. The number of benzene rings is 1. The van der Waals surface area contributed by atoms with Crippen LogP contribution in [0.2, 0.25) is 0 Å². The zero-order valence-electron chi connectivity index (χ0n) is 21.2. The van der Waals surface area contributed by atoms with Gasteiger partial charge < -0.3 is 24.8 Å². The van der Waals surface area contributed by atoms with Crippen LogP contribution in [0.4, 0.5) is 5.95 Å². The van der Waals surface area contributed by atoms with Crippen molar-refractivity contribution in [3.8, 4) is 40.1 Å². The Morgan fingerprint density at radius 3 is 2.59 bits per heavy atom. The Morgan fingerprint density at radius 2 is 1.92 bits per heavy atom. The minimum atomic E-state index is -1.19. The Kier molecular flexibility index (Phi) is 5.40. The van der Waals surface area contributed by atoms with Crippen LogP contribution in [-0.4, -0.2) is 66.0 Å². The molecule has 0 radical (unpaired) electrons. The van der Waals surface area contributed by atoms with Gasteiger partial charge in [-0.05, 0) is 45.7 Å². The summed E-state index contributed by atoms with van der Waals surface area (Å²) < 4.78 is 5.70. The van der Waals surface area contributed by atoms with Gasteiger partial charge in [-0.3, -0.25) is 0 Å². The fourth-order valence-electron chi connectivity index (χ4n) is 5.10. The summed E-state index contributed by atoms with van der Waals surface area (Å²) in [5.74, 6) is 6.92. The van der Waals surface area contributed by atoms with Crippen LogP contribution >= 0.6 is 0 Å². The van der Waals surface area contributed by atoms with Crippen LogP contribution in [0.3, 0.4) is 0 Å². The second-order valence-corrected chi connectivity index (χ2v) is 10.3. The molecule has 2 aliphatic rings. The van der Waals surface area contributed by atoms with E-state index in [0.29, 0.717) is 46.7 Å². The number of aromatic nitrogens is 5. The second-order valence-electron chi connectivity index (χ2n) is 10.3. The average Bonchev–Trinajstić information content (AvgIpc) is 3.59. The van der Waals surface area contributed by atoms with E-state index in [1.165, 1.54) is 0 Å². The first-order valence-corrected chi connectivity index (χ1v) is 12.3. The SMILES string of the molecule is Cc1ccc(O)c(C)c1-c1cnc2[nH]c(-c3cnc(N4C[C@@H]5C[C@H]4CO5)nc3)c(C#CC(C)(C)O)c2n1. The number of H-pyrrole nitrogens is 1. The summed E-state index contributed by atoms with van der Waals surface area (Å²) >= 11 is 0. The predicted octanol–water partition coefficient (Wildman–Crippen LogP) is 3.50. The monoisotopic (exact) mass is 496 g/mol. The van der Waals surface area contributed by atoms with Gasteiger partial charge in [-0.1, -0.05) is 17.9 Å². The molecule has 6 rings (SSSR count). The molecule has 0 amide bonds. The van der Waals surface area contributed by atoms with E-state index in [1.54, 1.807) is 38.5 Å². The van der Waals surface area contributed by atoms with Crippen LogP contribution in [0.25, 0.3) is 33.7 Å². The molecule has 2 aliphatic heterocycles. The van der Waals surface area contributed by atoms with Crippen molar-refractivity contribution in [2.75, 3.05) is 18.1 Å².